The third-order valence-electron chi connectivity index (χ3n) is 0. The van der Waals surface area contributed by atoms with Crippen LogP contribution in [0.25, 0.3) is 0 Å². The average Bonchev–Trinajstić information content (AvgIpc) is 0.811. The van der Waals surface area contributed by atoms with Gasteiger partial charge in [-0.15, -0.1) is 4.39 Å². The Balaban J connectivity index is -0.0000000450. The van der Waals surface area contributed by atoms with Gasteiger partial charge in [0.05, 0.1) is 0 Å². The third-order valence-corrected chi connectivity index (χ3v) is 0. The minimum Gasteiger partial charge on any atom is -1.00 e. The van der Waals surface area contributed by atoms with Crippen molar-refractivity contribution < 1.29 is 67.1 Å². The van der Waals surface area contributed by atoms with Crippen LogP contribution in [-0.2, 0) is 0 Å². The Bertz CT molecular complexity index is 36.5. The van der Waals surface area contributed by atoms with E-state index in [0.717, 1.165) is 0 Å². The first-order valence-corrected chi connectivity index (χ1v) is 0.617. The Morgan fingerprint density at radius 2 is 2.00 bits per heavy atom. The number of hydrogen-bond donors (Lipinski definition) is 1. The summed E-state index contributed by atoms with van der Waals surface area (Å²) in [6.07, 6.45) is -2.33. The van der Waals surface area contributed by atoms with Gasteiger partial charge in [-0.3, -0.25) is 0 Å². The second-order valence-corrected chi connectivity index (χ2v) is 0.253. The summed E-state index contributed by atoms with van der Waals surface area (Å²) in [5, 5.41) is 6.75. The van der Waals surface area contributed by atoms with E-state index in [9.17, 15) is 4.39 Å². The summed E-state index contributed by atoms with van der Waals surface area (Å²) in [6.45, 7) is 0. The van der Waals surface area contributed by atoms with Gasteiger partial charge >= 0.3 is 57.6 Å². The van der Waals surface area contributed by atoms with Crippen LogP contribution in [0.2, 0.25) is 0 Å². The second kappa shape index (κ2) is 5.04. The summed E-state index contributed by atoms with van der Waals surface area (Å²) in [6, 6.07) is 0. The molecule has 0 amide bonds. The molecule has 0 radical (unpaired) electrons. The van der Waals surface area contributed by atoms with Crippen LogP contribution in [0.5, 0.6) is 0 Å². The van der Waals surface area contributed by atoms with Gasteiger partial charge in [0, 0.05) is 0 Å². The maximum Gasteiger partial charge on any atom is 1.00 e. The van der Waals surface area contributed by atoms with Crippen molar-refractivity contribution in [2.45, 2.75) is 0 Å². The van der Waals surface area contributed by atoms with Gasteiger partial charge < -0.3 is 6.53 Å². The van der Waals surface area contributed by atoms with Crippen LogP contribution in [-0.4, -0.2) is 11.3 Å². The van der Waals surface area contributed by atoms with Crippen molar-refractivity contribution in [2.75, 3.05) is 0 Å². The second-order valence-electron chi connectivity index (χ2n) is 0.253. The average molecular weight is 104 g/mol. The van der Waals surface area contributed by atoms with Gasteiger partial charge in [-0.05, 0) is 0 Å². The molecule has 0 bridgehead atoms. The molecule has 0 atom stereocenters. The molecule has 0 aromatic rings. The number of carbonyl (C=O) groups is 1. The molecule has 0 saturated heterocycles. The van der Waals surface area contributed by atoms with Crippen molar-refractivity contribution in [3.8, 4) is 0 Å². The molecule has 0 saturated carbocycles. The summed E-state index contributed by atoms with van der Waals surface area (Å²) in [4.78, 5) is 8.33. The SMILES string of the molecule is O=C(O)F.[H-].[K+]. The molecule has 0 heterocycles. The van der Waals surface area contributed by atoms with E-state index in [2.05, 4.69) is 0 Å². The normalized spacial score (nSPS) is 5.00. The van der Waals surface area contributed by atoms with Crippen LogP contribution in [0.1, 0.15) is 1.43 Å². The van der Waals surface area contributed by atoms with Crippen molar-refractivity contribution in [1.82, 2.24) is 0 Å². The van der Waals surface area contributed by atoms with E-state index in [0.29, 0.717) is 0 Å². The zero-order valence-electron chi connectivity index (χ0n) is 3.73. The van der Waals surface area contributed by atoms with Crippen LogP contribution >= 0.6 is 0 Å². The number of carboxylic acid groups (broad SMARTS) is 1. The summed E-state index contributed by atoms with van der Waals surface area (Å²) >= 11 is 0. The number of rotatable bonds is 0. The fraction of sp³-hybridized carbons (Fsp3) is 0. The van der Waals surface area contributed by atoms with Gasteiger partial charge in [-0.1, -0.05) is 0 Å². The van der Waals surface area contributed by atoms with Gasteiger partial charge in [0.15, 0.2) is 0 Å². The molecule has 26 valence electrons. The predicted octanol–water partition coefficient (Wildman–Crippen LogP) is -2.25. The molecule has 0 aliphatic heterocycles. The number of hydrogen-bond acceptors (Lipinski definition) is 1. The minimum atomic E-state index is -2.33. The maximum atomic E-state index is 9.92. The Morgan fingerprint density at radius 3 is 2.00 bits per heavy atom. The van der Waals surface area contributed by atoms with Crippen LogP contribution in [0.3, 0.4) is 0 Å². The molecule has 4 heteroatoms. The van der Waals surface area contributed by atoms with Gasteiger partial charge in [-0.25, -0.2) is 4.79 Å². The van der Waals surface area contributed by atoms with E-state index in [1.165, 1.54) is 0 Å². The Labute approximate surface area is 72.3 Å². The van der Waals surface area contributed by atoms with E-state index < -0.39 is 6.22 Å². The first-order chi connectivity index (χ1) is 1.73. The summed E-state index contributed by atoms with van der Waals surface area (Å²) in [7, 11) is 0. The molecule has 0 unspecified atom stereocenters. The largest absolute Gasteiger partial charge is 1.00 e. The van der Waals surface area contributed by atoms with Gasteiger partial charge in [0.2, 0.25) is 0 Å². The summed E-state index contributed by atoms with van der Waals surface area (Å²) in [5.41, 5.74) is 0. The van der Waals surface area contributed by atoms with Gasteiger partial charge in [0.1, 0.15) is 0 Å². The molecule has 0 aliphatic carbocycles. The van der Waals surface area contributed by atoms with Gasteiger partial charge in [-0.2, -0.15) is 0 Å². The van der Waals surface area contributed by atoms with Crippen LogP contribution in [0.15, 0.2) is 0 Å². The van der Waals surface area contributed by atoms with Crippen LogP contribution in [0, 0.1) is 0 Å². The van der Waals surface area contributed by atoms with Crippen molar-refractivity contribution in [3.05, 3.63) is 0 Å². The zero-order valence-corrected chi connectivity index (χ0v) is 5.86. The predicted molar refractivity (Wildman–Crippen MR) is 10.2 cm³/mol. The standard InChI is InChI=1S/CHFO2.K.H/c2-1(3)4;;/h(H,3,4);;/q;+1;-1. The Morgan fingerprint density at radius 1 is 2.00 bits per heavy atom. The minimum absolute atomic E-state index is 0. The van der Waals surface area contributed by atoms with E-state index in [-0.39, 0.29) is 52.8 Å². The molecule has 0 aliphatic rings. The van der Waals surface area contributed by atoms with Crippen LogP contribution in [0.4, 0.5) is 9.18 Å². The first kappa shape index (κ1) is 9.40. The van der Waals surface area contributed by atoms with Crippen LogP contribution < -0.4 is 51.4 Å². The van der Waals surface area contributed by atoms with E-state index >= 15 is 0 Å². The third kappa shape index (κ3) is 43.2. The first-order valence-electron chi connectivity index (χ1n) is 0.617. The molecule has 5 heavy (non-hydrogen) atoms. The summed E-state index contributed by atoms with van der Waals surface area (Å²) in [5.74, 6) is 0. The van der Waals surface area contributed by atoms with E-state index in [4.69, 9.17) is 9.90 Å². The number of halogens is 1. The van der Waals surface area contributed by atoms with E-state index in [1.807, 2.05) is 0 Å². The maximum absolute atomic E-state index is 9.92. The molecule has 0 aromatic heterocycles. The molecule has 0 fully saturated rings. The molecular formula is CH2FKO2. The Kier molecular flexibility index (Phi) is 9.47. The van der Waals surface area contributed by atoms with Gasteiger partial charge in [0.25, 0.3) is 0 Å². The topological polar surface area (TPSA) is 37.3 Å². The molecule has 0 aromatic carbocycles. The molecule has 0 spiro atoms. The fourth-order valence-electron chi connectivity index (χ4n) is 0. The van der Waals surface area contributed by atoms with Crippen molar-refractivity contribution >= 4 is 6.22 Å². The molecule has 2 nitrogen and oxygen atoms in total. The summed E-state index contributed by atoms with van der Waals surface area (Å²) < 4.78 is 9.92. The Hall–Kier alpha value is 1.04. The smallest absolute Gasteiger partial charge is 1.00 e. The van der Waals surface area contributed by atoms with E-state index in [1.54, 1.807) is 0 Å². The quantitative estimate of drug-likeness (QED) is 0.278. The van der Waals surface area contributed by atoms with Crippen molar-refractivity contribution in [3.63, 3.8) is 0 Å². The zero-order chi connectivity index (χ0) is 3.58. The van der Waals surface area contributed by atoms with Crippen molar-refractivity contribution in [2.24, 2.45) is 0 Å². The molecule has 0 rings (SSSR count). The monoisotopic (exact) mass is 104 g/mol. The molecular weight excluding hydrogens is 102 g/mol. The molecule has 1 N–H and O–H groups in total. The fourth-order valence-corrected chi connectivity index (χ4v) is 0. The van der Waals surface area contributed by atoms with Crippen molar-refractivity contribution in [1.29, 1.82) is 0 Å².